The first kappa shape index (κ1) is 27.1. The van der Waals surface area contributed by atoms with Crippen LogP contribution in [0.5, 0.6) is 0 Å². The van der Waals surface area contributed by atoms with Gasteiger partial charge in [0.05, 0.1) is 6.61 Å². The Balaban J connectivity index is 4.40. The van der Waals surface area contributed by atoms with Gasteiger partial charge >= 0.3 is 32.0 Å². The third-order valence-corrected chi connectivity index (χ3v) is 5.70. The summed E-state index contributed by atoms with van der Waals surface area (Å²) in [7, 11) is -2.63. The van der Waals surface area contributed by atoms with Crippen LogP contribution in [-0.4, -0.2) is 58.6 Å². The Morgan fingerprint density at radius 2 is 1.11 bits per heavy atom. The molecule has 0 aromatic rings. The van der Waals surface area contributed by atoms with Crippen molar-refractivity contribution in [2.24, 2.45) is 0 Å². The lowest BCUT2D eigenvalue weighted by atomic mass is 10.0. The molecule has 164 valence electrons. The molecule has 0 aromatic heterocycles. The minimum Gasteiger partial charge on any atom is -0.351 e. The summed E-state index contributed by atoms with van der Waals surface area (Å²) in [4.78, 5) is 16.8. The number of ether oxygens (including phenoxy) is 1. The van der Waals surface area contributed by atoms with Crippen molar-refractivity contribution in [3.05, 3.63) is 0 Å². The molecule has 0 spiro atoms. The van der Waals surface area contributed by atoms with Gasteiger partial charge in [0, 0.05) is 18.1 Å². The Labute approximate surface area is 155 Å². The molecule has 0 bridgehead atoms. The molecule has 0 aliphatic rings. The standard InChI is InChI=1S/C10H14F9O5PS2/c11-8(12,13)7(9(14,15)16,10(17,18)19)23-3-1-5-26-27-6-2-4-24-25(20,21)22/h1-6H2,(H2,20,21,22). The van der Waals surface area contributed by atoms with E-state index < -0.39 is 45.0 Å². The van der Waals surface area contributed by atoms with Gasteiger partial charge in [-0.05, 0) is 12.8 Å². The van der Waals surface area contributed by atoms with Crippen molar-refractivity contribution in [2.75, 3.05) is 24.7 Å². The van der Waals surface area contributed by atoms with Gasteiger partial charge < -0.3 is 14.5 Å². The minimum absolute atomic E-state index is 0.117. The van der Waals surface area contributed by atoms with Crippen LogP contribution in [-0.2, 0) is 13.8 Å². The predicted octanol–water partition coefficient (Wildman–Crippen LogP) is 4.70. The van der Waals surface area contributed by atoms with Crippen molar-refractivity contribution >= 4 is 29.4 Å². The van der Waals surface area contributed by atoms with Gasteiger partial charge in [0.25, 0.3) is 0 Å². The lowest BCUT2D eigenvalue weighted by molar-refractivity contribution is -0.457. The summed E-state index contributed by atoms with van der Waals surface area (Å²) in [5, 5.41) is 0. The van der Waals surface area contributed by atoms with Gasteiger partial charge in [0.2, 0.25) is 0 Å². The number of phosphoric acid groups is 1. The van der Waals surface area contributed by atoms with Crippen LogP contribution in [0.2, 0.25) is 0 Å². The Hall–Kier alpha value is 0.140. The van der Waals surface area contributed by atoms with E-state index in [9.17, 15) is 44.1 Å². The molecule has 2 N–H and O–H groups in total. The van der Waals surface area contributed by atoms with Gasteiger partial charge in [0.1, 0.15) is 0 Å². The molecule has 5 nitrogen and oxygen atoms in total. The molecule has 0 saturated heterocycles. The number of hydrogen-bond acceptors (Lipinski definition) is 5. The van der Waals surface area contributed by atoms with Crippen molar-refractivity contribution in [3.63, 3.8) is 0 Å². The number of alkyl halides is 9. The molecule has 0 radical (unpaired) electrons. The van der Waals surface area contributed by atoms with Crippen molar-refractivity contribution < 1.29 is 63.1 Å². The van der Waals surface area contributed by atoms with E-state index in [0.29, 0.717) is 0 Å². The maximum absolute atomic E-state index is 12.6. The zero-order valence-corrected chi connectivity index (χ0v) is 15.6. The van der Waals surface area contributed by atoms with Crippen LogP contribution in [0.1, 0.15) is 12.8 Å². The van der Waals surface area contributed by atoms with Crippen LogP contribution in [0.3, 0.4) is 0 Å². The van der Waals surface area contributed by atoms with Gasteiger partial charge in [-0.25, -0.2) is 4.57 Å². The van der Waals surface area contributed by atoms with Crippen LogP contribution in [0.15, 0.2) is 0 Å². The maximum Gasteiger partial charge on any atom is 0.469 e. The second-order valence-corrected chi connectivity index (χ2v) is 8.64. The summed E-state index contributed by atoms with van der Waals surface area (Å²) in [5.74, 6) is 0.150. The third-order valence-electron chi connectivity index (χ3n) is 2.60. The summed E-state index contributed by atoms with van der Waals surface area (Å²) in [5.41, 5.74) is -6.26. The predicted molar refractivity (Wildman–Crippen MR) is 79.0 cm³/mol. The normalized spacial score (nSPS) is 14.6. The maximum atomic E-state index is 12.6. The van der Waals surface area contributed by atoms with Crippen molar-refractivity contribution in [3.8, 4) is 0 Å². The van der Waals surface area contributed by atoms with Crippen molar-refractivity contribution in [2.45, 2.75) is 37.0 Å². The van der Waals surface area contributed by atoms with Gasteiger partial charge in [-0.1, -0.05) is 21.6 Å². The SMILES string of the molecule is O=P(O)(O)OCCCSSCCCOC(C(F)(F)F)(C(F)(F)F)C(F)(F)F. The van der Waals surface area contributed by atoms with Gasteiger partial charge in [0.15, 0.2) is 0 Å². The molecule has 0 aliphatic carbocycles. The van der Waals surface area contributed by atoms with Crippen molar-refractivity contribution in [1.29, 1.82) is 0 Å². The largest absolute Gasteiger partial charge is 0.469 e. The second kappa shape index (κ2) is 10.3. The Kier molecular flexibility index (Phi) is 10.3. The number of rotatable bonds is 11. The molecule has 0 aliphatic heterocycles. The first-order chi connectivity index (χ1) is 12.0. The highest BCUT2D eigenvalue weighted by Gasteiger charge is 2.85. The average molecular weight is 480 g/mol. The lowest BCUT2D eigenvalue weighted by Crippen LogP contribution is -2.67. The second-order valence-electron chi connectivity index (χ2n) is 4.70. The van der Waals surface area contributed by atoms with Crippen LogP contribution < -0.4 is 0 Å². The topological polar surface area (TPSA) is 76.0 Å². The van der Waals surface area contributed by atoms with E-state index in [4.69, 9.17) is 9.79 Å². The fourth-order valence-electron chi connectivity index (χ4n) is 1.49. The summed E-state index contributed by atoms with van der Waals surface area (Å²) in [6.07, 6.45) is -20.6. The summed E-state index contributed by atoms with van der Waals surface area (Å²) < 4.78 is 131. The van der Waals surface area contributed by atoms with Gasteiger partial charge in [-0.3, -0.25) is 4.52 Å². The van der Waals surface area contributed by atoms with E-state index >= 15 is 0 Å². The molecule has 0 atom stereocenters. The van der Waals surface area contributed by atoms with Crippen LogP contribution >= 0.6 is 29.4 Å². The molecular formula is C10H14F9O5PS2. The summed E-state index contributed by atoms with van der Waals surface area (Å²) in [6.45, 7) is -1.72. The molecule has 27 heavy (non-hydrogen) atoms. The Morgan fingerprint density at radius 1 is 0.741 bits per heavy atom. The number of phosphoric ester groups is 1. The third kappa shape index (κ3) is 8.58. The highest BCUT2D eigenvalue weighted by Crippen LogP contribution is 2.54. The quantitative estimate of drug-likeness (QED) is 0.192. The Morgan fingerprint density at radius 3 is 1.44 bits per heavy atom. The van der Waals surface area contributed by atoms with Gasteiger partial charge in [-0.2, -0.15) is 39.5 Å². The molecule has 0 fully saturated rings. The molecule has 0 saturated carbocycles. The van der Waals surface area contributed by atoms with Crippen LogP contribution in [0, 0.1) is 0 Å². The van der Waals surface area contributed by atoms with E-state index in [0.717, 1.165) is 21.6 Å². The number of hydrogen-bond donors (Lipinski definition) is 2. The van der Waals surface area contributed by atoms with Crippen molar-refractivity contribution in [1.82, 2.24) is 0 Å². The fraction of sp³-hybridized carbons (Fsp3) is 1.00. The lowest BCUT2D eigenvalue weighted by Gasteiger charge is -2.38. The fourth-order valence-corrected chi connectivity index (χ4v) is 3.98. The van der Waals surface area contributed by atoms with Crippen LogP contribution in [0.4, 0.5) is 39.5 Å². The monoisotopic (exact) mass is 480 g/mol. The highest BCUT2D eigenvalue weighted by atomic mass is 33.1. The molecule has 0 unspecified atom stereocenters. The summed E-state index contributed by atoms with van der Waals surface area (Å²) >= 11 is 0. The highest BCUT2D eigenvalue weighted by molar-refractivity contribution is 8.76. The molecule has 17 heteroatoms. The smallest absolute Gasteiger partial charge is 0.351 e. The van der Waals surface area contributed by atoms with E-state index in [-0.39, 0.29) is 24.5 Å². The minimum atomic E-state index is -6.75. The molecule has 0 rings (SSSR count). The molecule has 0 heterocycles. The first-order valence-electron chi connectivity index (χ1n) is 6.74. The molecule has 0 amide bonds. The van der Waals surface area contributed by atoms with Crippen LogP contribution in [0.25, 0.3) is 0 Å². The van der Waals surface area contributed by atoms with E-state index in [1.165, 1.54) is 0 Å². The zero-order chi connectivity index (χ0) is 21.6. The summed E-state index contributed by atoms with van der Waals surface area (Å²) in [6, 6.07) is 0. The van der Waals surface area contributed by atoms with E-state index in [1.807, 2.05) is 0 Å². The molecular weight excluding hydrogens is 466 g/mol. The molecule has 0 aromatic carbocycles. The zero-order valence-electron chi connectivity index (χ0n) is 13.0. The van der Waals surface area contributed by atoms with Gasteiger partial charge in [-0.15, -0.1) is 0 Å². The Bertz CT molecular complexity index is 455. The number of halogens is 9. The van der Waals surface area contributed by atoms with E-state index in [1.54, 1.807) is 0 Å². The average Bonchev–Trinajstić information content (AvgIpc) is 2.39. The first-order valence-corrected chi connectivity index (χ1v) is 10.8. The van der Waals surface area contributed by atoms with E-state index in [2.05, 4.69) is 9.26 Å².